The van der Waals surface area contributed by atoms with Gasteiger partial charge in [0.15, 0.2) is 0 Å². The van der Waals surface area contributed by atoms with Crippen LogP contribution in [0.4, 0.5) is 10.1 Å². The van der Waals surface area contributed by atoms with E-state index in [1.165, 1.54) is 11.6 Å². The molecule has 1 N–H and O–H groups in total. The van der Waals surface area contributed by atoms with Crippen molar-refractivity contribution in [1.29, 1.82) is 0 Å². The Kier molecular flexibility index (Phi) is 8.22. The highest BCUT2D eigenvalue weighted by Crippen LogP contribution is 2.25. The second-order valence-corrected chi connectivity index (χ2v) is 7.89. The minimum absolute atomic E-state index is 0.128. The number of nitrogens with one attached hydrogen (secondary N) is 1. The fraction of sp³-hybridized carbons (Fsp3) is 0.458. The van der Waals surface area contributed by atoms with Gasteiger partial charge < -0.3 is 14.8 Å². The Morgan fingerprint density at radius 3 is 2.83 bits per heavy atom. The predicted octanol–water partition coefficient (Wildman–Crippen LogP) is 4.61. The molecule has 3 rings (SSSR count). The average molecular weight is 415 g/mol. The number of halogens is 1. The van der Waals surface area contributed by atoms with Gasteiger partial charge in [0.05, 0.1) is 19.4 Å². The smallest absolute Gasteiger partial charge is 0.224 e. The summed E-state index contributed by atoms with van der Waals surface area (Å²) in [5.74, 6) is 0.790. The molecule has 1 saturated heterocycles. The zero-order valence-corrected chi connectivity index (χ0v) is 17.8. The first kappa shape index (κ1) is 22.2. The van der Waals surface area contributed by atoms with Crippen molar-refractivity contribution in [3.63, 3.8) is 0 Å². The van der Waals surface area contributed by atoms with Crippen molar-refractivity contribution in [2.45, 2.75) is 38.8 Å². The number of likely N-dealkylation sites (tertiary alicyclic amines) is 1. The van der Waals surface area contributed by atoms with Crippen molar-refractivity contribution in [2.24, 2.45) is 5.92 Å². The Morgan fingerprint density at radius 2 is 2.07 bits per heavy atom. The largest absolute Gasteiger partial charge is 0.496 e. The molecule has 2 aromatic carbocycles. The van der Waals surface area contributed by atoms with Crippen molar-refractivity contribution in [3.05, 3.63) is 59.4 Å². The molecule has 0 bridgehead atoms. The Morgan fingerprint density at radius 1 is 1.23 bits per heavy atom. The van der Waals surface area contributed by atoms with Crippen LogP contribution in [0.25, 0.3) is 0 Å². The third-order valence-electron chi connectivity index (χ3n) is 5.58. The molecular weight excluding hydrogens is 383 g/mol. The maximum atomic E-state index is 13.7. The first-order chi connectivity index (χ1) is 14.6. The van der Waals surface area contributed by atoms with Gasteiger partial charge in [-0.3, -0.25) is 9.69 Å². The number of benzene rings is 2. The summed E-state index contributed by atoms with van der Waals surface area (Å²) < 4.78 is 24.4. The molecule has 2 aromatic rings. The van der Waals surface area contributed by atoms with Crippen LogP contribution in [0.2, 0.25) is 0 Å². The fourth-order valence-electron chi connectivity index (χ4n) is 4.10. The molecule has 6 heteroatoms. The number of hydrogen-bond donors (Lipinski definition) is 1. The number of carbonyl (C=O) groups is 1. The maximum Gasteiger partial charge on any atom is 0.224 e. The van der Waals surface area contributed by atoms with Crippen molar-refractivity contribution >= 4 is 11.6 Å². The summed E-state index contributed by atoms with van der Waals surface area (Å²) in [4.78, 5) is 14.7. The van der Waals surface area contributed by atoms with E-state index in [0.29, 0.717) is 18.9 Å². The number of ether oxygens (including phenoxy) is 2. The number of anilines is 1. The Hall–Kier alpha value is -2.44. The predicted molar refractivity (Wildman–Crippen MR) is 116 cm³/mol. The number of nitrogens with zero attached hydrogens (tertiary/aromatic N) is 1. The normalized spacial score (nSPS) is 17.0. The van der Waals surface area contributed by atoms with Crippen LogP contribution in [0.15, 0.2) is 42.5 Å². The molecule has 1 aliphatic heterocycles. The van der Waals surface area contributed by atoms with Gasteiger partial charge in [0.1, 0.15) is 11.6 Å². The van der Waals surface area contributed by atoms with Gasteiger partial charge in [-0.25, -0.2) is 4.39 Å². The standard InChI is InChI=1S/C24H31FN2O3/c1-29-17-20-14-19(9-11-23(20)30-2)16-27-13-5-6-18(15-27)10-12-24(28)26-22-8-4-3-7-21(22)25/h3-4,7-9,11,14,18H,5-6,10,12-13,15-17H2,1-2H3,(H,26,28)/t18-/m0/s1. The zero-order chi connectivity index (χ0) is 21.3. The van der Waals surface area contributed by atoms with Gasteiger partial charge in [-0.1, -0.05) is 18.2 Å². The number of amides is 1. The van der Waals surface area contributed by atoms with Gasteiger partial charge >= 0.3 is 0 Å². The summed E-state index contributed by atoms with van der Waals surface area (Å²) in [5, 5.41) is 2.68. The van der Waals surface area contributed by atoms with Crippen molar-refractivity contribution in [1.82, 2.24) is 4.90 Å². The Balaban J connectivity index is 1.50. The molecule has 0 aliphatic carbocycles. The van der Waals surface area contributed by atoms with E-state index in [-0.39, 0.29) is 11.6 Å². The molecule has 0 aromatic heterocycles. The molecule has 1 amide bonds. The first-order valence-corrected chi connectivity index (χ1v) is 10.5. The Bertz CT molecular complexity index is 843. The second kappa shape index (κ2) is 11.1. The van der Waals surface area contributed by atoms with Crippen molar-refractivity contribution in [3.8, 4) is 5.75 Å². The van der Waals surface area contributed by atoms with Crippen molar-refractivity contribution < 1.29 is 18.7 Å². The summed E-state index contributed by atoms with van der Waals surface area (Å²) in [6.07, 6.45) is 3.48. The van der Waals surface area contributed by atoms with E-state index in [0.717, 1.165) is 50.2 Å². The van der Waals surface area contributed by atoms with Crippen LogP contribution in [0.1, 0.15) is 36.8 Å². The van der Waals surface area contributed by atoms with Crippen LogP contribution in [-0.4, -0.2) is 38.1 Å². The molecule has 0 unspecified atom stereocenters. The van der Waals surface area contributed by atoms with Crippen LogP contribution < -0.4 is 10.1 Å². The lowest BCUT2D eigenvalue weighted by Gasteiger charge is -2.33. The topological polar surface area (TPSA) is 50.8 Å². The number of methoxy groups -OCH3 is 2. The highest BCUT2D eigenvalue weighted by Gasteiger charge is 2.21. The minimum Gasteiger partial charge on any atom is -0.496 e. The van der Waals surface area contributed by atoms with E-state index in [4.69, 9.17) is 9.47 Å². The molecule has 1 fully saturated rings. The summed E-state index contributed by atoms with van der Waals surface area (Å²) in [7, 11) is 3.36. The summed E-state index contributed by atoms with van der Waals surface area (Å²) in [5.41, 5.74) is 2.54. The quantitative estimate of drug-likeness (QED) is 0.651. The average Bonchev–Trinajstić information content (AvgIpc) is 2.75. The summed E-state index contributed by atoms with van der Waals surface area (Å²) >= 11 is 0. The highest BCUT2D eigenvalue weighted by atomic mass is 19.1. The molecule has 1 atom stereocenters. The van der Waals surface area contributed by atoms with Crippen molar-refractivity contribution in [2.75, 3.05) is 32.6 Å². The number of hydrogen-bond acceptors (Lipinski definition) is 4. The van der Waals surface area contributed by atoms with Crippen LogP contribution in [0.3, 0.4) is 0 Å². The Labute approximate surface area is 178 Å². The zero-order valence-electron chi connectivity index (χ0n) is 17.8. The lowest BCUT2D eigenvalue weighted by molar-refractivity contribution is -0.116. The molecule has 0 radical (unpaired) electrons. The number of para-hydroxylation sites is 1. The molecule has 0 spiro atoms. The van der Waals surface area contributed by atoms with E-state index < -0.39 is 5.82 Å². The van der Waals surface area contributed by atoms with Gasteiger partial charge in [0.25, 0.3) is 0 Å². The third-order valence-corrected chi connectivity index (χ3v) is 5.58. The van der Waals surface area contributed by atoms with E-state index in [1.807, 2.05) is 6.07 Å². The van der Waals surface area contributed by atoms with Gasteiger partial charge in [-0.05, 0) is 61.6 Å². The van der Waals surface area contributed by atoms with Gasteiger partial charge in [-0.15, -0.1) is 0 Å². The number of piperidine rings is 1. The third kappa shape index (κ3) is 6.28. The highest BCUT2D eigenvalue weighted by molar-refractivity contribution is 5.90. The minimum atomic E-state index is -0.401. The van der Waals surface area contributed by atoms with E-state index in [9.17, 15) is 9.18 Å². The van der Waals surface area contributed by atoms with Gasteiger partial charge in [0.2, 0.25) is 5.91 Å². The summed E-state index contributed by atoms with van der Waals surface area (Å²) in [6, 6.07) is 12.5. The van der Waals surface area contributed by atoms with E-state index >= 15 is 0 Å². The van der Waals surface area contributed by atoms with Crippen LogP contribution >= 0.6 is 0 Å². The SMILES string of the molecule is COCc1cc(CN2CCC[C@@H](CCC(=O)Nc3ccccc3F)C2)ccc1OC. The van der Waals surface area contributed by atoms with Gasteiger partial charge in [0, 0.05) is 32.2 Å². The van der Waals surface area contributed by atoms with E-state index in [2.05, 4.69) is 22.3 Å². The number of carbonyl (C=O) groups excluding carboxylic acids is 1. The lowest BCUT2D eigenvalue weighted by Crippen LogP contribution is -2.35. The molecule has 0 saturated carbocycles. The maximum absolute atomic E-state index is 13.7. The first-order valence-electron chi connectivity index (χ1n) is 10.5. The molecule has 162 valence electrons. The molecule has 1 aliphatic rings. The number of rotatable bonds is 9. The fourth-order valence-corrected chi connectivity index (χ4v) is 4.10. The van der Waals surface area contributed by atoms with Crippen LogP contribution in [-0.2, 0) is 22.7 Å². The molecular formula is C24H31FN2O3. The van der Waals surface area contributed by atoms with Crippen LogP contribution in [0, 0.1) is 11.7 Å². The summed E-state index contributed by atoms with van der Waals surface area (Å²) in [6.45, 7) is 3.43. The molecule has 1 heterocycles. The van der Waals surface area contributed by atoms with Gasteiger partial charge in [-0.2, -0.15) is 0 Å². The van der Waals surface area contributed by atoms with Crippen LogP contribution in [0.5, 0.6) is 5.75 Å². The lowest BCUT2D eigenvalue weighted by atomic mass is 9.93. The molecule has 5 nitrogen and oxygen atoms in total. The monoisotopic (exact) mass is 414 g/mol. The second-order valence-electron chi connectivity index (χ2n) is 7.89. The molecule has 30 heavy (non-hydrogen) atoms. The van der Waals surface area contributed by atoms with E-state index in [1.54, 1.807) is 32.4 Å².